The van der Waals surface area contributed by atoms with Crippen molar-refractivity contribution in [1.82, 2.24) is 19.4 Å². The molecule has 0 aliphatic carbocycles. The number of anilines is 1. The Kier molecular flexibility index (Phi) is 2.45. The lowest BCUT2D eigenvalue weighted by Crippen LogP contribution is -2.00. The normalized spacial score (nSPS) is 10.4. The highest BCUT2D eigenvalue weighted by molar-refractivity contribution is 7.05. The molecule has 0 radical (unpaired) electrons. The van der Waals surface area contributed by atoms with Crippen molar-refractivity contribution >= 4 is 17.4 Å². The smallest absolute Gasteiger partial charge is 0.148 e. The molecule has 2 rings (SSSR count). The minimum absolute atomic E-state index is 0.737. The highest BCUT2D eigenvalue weighted by Crippen LogP contribution is 2.11. The van der Waals surface area contributed by atoms with Gasteiger partial charge in [-0.2, -0.15) is 5.10 Å². The summed E-state index contributed by atoms with van der Waals surface area (Å²) in [6.07, 6.45) is 1.90. The third kappa shape index (κ3) is 1.90. The minimum atomic E-state index is 0.737. The first-order valence-corrected chi connectivity index (χ1v) is 5.04. The summed E-state index contributed by atoms with van der Waals surface area (Å²) < 4.78 is 5.63. The van der Waals surface area contributed by atoms with Crippen LogP contribution in [-0.4, -0.2) is 19.4 Å². The Morgan fingerprint density at radius 3 is 3.00 bits per heavy atom. The summed E-state index contributed by atoms with van der Waals surface area (Å²) in [7, 11) is 1.89. The molecule has 2 aromatic heterocycles. The summed E-state index contributed by atoms with van der Waals surface area (Å²) in [6.45, 7) is 2.69. The van der Waals surface area contributed by atoms with E-state index in [-0.39, 0.29) is 0 Å². The van der Waals surface area contributed by atoms with Gasteiger partial charge in [0.05, 0.1) is 17.1 Å². The Morgan fingerprint density at radius 2 is 2.43 bits per heavy atom. The summed E-state index contributed by atoms with van der Waals surface area (Å²) in [5, 5.41) is 11.4. The topological polar surface area (TPSA) is 55.6 Å². The van der Waals surface area contributed by atoms with Gasteiger partial charge < -0.3 is 5.32 Å². The lowest BCUT2D eigenvalue weighted by Gasteiger charge is -1.99. The van der Waals surface area contributed by atoms with Gasteiger partial charge in [-0.3, -0.25) is 4.68 Å². The zero-order chi connectivity index (χ0) is 9.97. The van der Waals surface area contributed by atoms with Gasteiger partial charge in [-0.25, -0.2) is 0 Å². The second-order valence-electron chi connectivity index (χ2n) is 3.01. The largest absolute Gasteiger partial charge is 0.364 e. The highest BCUT2D eigenvalue weighted by atomic mass is 32.1. The molecule has 5 nitrogen and oxygen atoms in total. The molecule has 0 spiro atoms. The number of hydrogen-bond donors (Lipinski definition) is 1. The predicted molar refractivity (Wildman–Crippen MR) is 55.2 cm³/mol. The number of nitrogens with zero attached hydrogens (tertiary/aromatic N) is 4. The Morgan fingerprint density at radius 1 is 1.57 bits per heavy atom. The van der Waals surface area contributed by atoms with E-state index in [9.17, 15) is 0 Å². The van der Waals surface area contributed by atoms with Gasteiger partial charge in [0.2, 0.25) is 0 Å². The van der Waals surface area contributed by atoms with Crippen molar-refractivity contribution in [3.8, 4) is 0 Å². The molecule has 0 atom stereocenters. The maximum absolute atomic E-state index is 4.21. The third-order valence-electron chi connectivity index (χ3n) is 1.89. The van der Waals surface area contributed by atoms with E-state index in [1.54, 1.807) is 4.68 Å². The van der Waals surface area contributed by atoms with Crippen LogP contribution in [0.25, 0.3) is 0 Å². The summed E-state index contributed by atoms with van der Waals surface area (Å²) >= 11 is 1.42. The van der Waals surface area contributed by atoms with Crippen molar-refractivity contribution in [1.29, 1.82) is 0 Å². The third-order valence-corrected chi connectivity index (χ3v) is 2.71. The molecular weight excluding hydrogens is 198 g/mol. The zero-order valence-corrected chi connectivity index (χ0v) is 8.88. The van der Waals surface area contributed by atoms with Crippen LogP contribution < -0.4 is 5.32 Å². The molecule has 2 heterocycles. The quantitative estimate of drug-likeness (QED) is 0.825. The molecule has 0 amide bonds. The van der Waals surface area contributed by atoms with Gasteiger partial charge in [-0.1, -0.05) is 4.49 Å². The standard InChI is InChI=1S/C8H11N5S/c1-6-7(14-12-10-6)5-9-8-3-4-13(2)11-8/h3-4H,5H2,1-2H3,(H,9,11). The van der Waals surface area contributed by atoms with E-state index in [1.807, 2.05) is 26.2 Å². The van der Waals surface area contributed by atoms with Crippen LogP contribution in [0.5, 0.6) is 0 Å². The van der Waals surface area contributed by atoms with Crippen LogP contribution in [0.1, 0.15) is 10.6 Å². The molecule has 2 aromatic rings. The lowest BCUT2D eigenvalue weighted by atomic mass is 10.4. The first-order chi connectivity index (χ1) is 6.75. The van der Waals surface area contributed by atoms with Crippen molar-refractivity contribution < 1.29 is 0 Å². The lowest BCUT2D eigenvalue weighted by molar-refractivity contribution is 0.768. The summed E-state index contributed by atoms with van der Waals surface area (Å²) in [5.74, 6) is 0.875. The summed E-state index contributed by atoms with van der Waals surface area (Å²) in [5.41, 5.74) is 0.985. The minimum Gasteiger partial charge on any atom is -0.364 e. The number of rotatable bonds is 3. The molecule has 0 aliphatic heterocycles. The second kappa shape index (κ2) is 3.75. The fourth-order valence-electron chi connectivity index (χ4n) is 1.09. The van der Waals surface area contributed by atoms with Crippen molar-refractivity contribution in [2.45, 2.75) is 13.5 Å². The summed E-state index contributed by atoms with van der Waals surface area (Å²) in [6, 6.07) is 1.93. The van der Waals surface area contributed by atoms with Crippen LogP contribution in [0.4, 0.5) is 5.82 Å². The Bertz CT molecular complexity index is 419. The van der Waals surface area contributed by atoms with Crippen LogP contribution in [0.3, 0.4) is 0 Å². The van der Waals surface area contributed by atoms with Gasteiger partial charge in [-0.15, -0.1) is 5.10 Å². The molecular formula is C8H11N5S. The van der Waals surface area contributed by atoms with E-state index in [4.69, 9.17) is 0 Å². The van der Waals surface area contributed by atoms with Crippen molar-refractivity contribution in [3.05, 3.63) is 22.8 Å². The van der Waals surface area contributed by atoms with Gasteiger partial charge in [0.25, 0.3) is 0 Å². The van der Waals surface area contributed by atoms with E-state index in [1.165, 1.54) is 11.5 Å². The van der Waals surface area contributed by atoms with Crippen LogP contribution in [0.15, 0.2) is 12.3 Å². The van der Waals surface area contributed by atoms with E-state index >= 15 is 0 Å². The molecule has 0 saturated heterocycles. The first-order valence-electron chi connectivity index (χ1n) is 4.27. The van der Waals surface area contributed by atoms with Gasteiger partial charge in [0.15, 0.2) is 0 Å². The monoisotopic (exact) mass is 209 g/mol. The molecule has 6 heteroatoms. The second-order valence-corrected chi connectivity index (χ2v) is 3.85. The van der Waals surface area contributed by atoms with Crippen LogP contribution in [0, 0.1) is 6.92 Å². The first kappa shape index (κ1) is 9.14. The molecule has 0 fully saturated rings. The molecule has 0 aliphatic rings. The van der Waals surface area contributed by atoms with Gasteiger partial charge in [0.1, 0.15) is 5.82 Å². The van der Waals surface area contributed by atoms with E-state index in [0.29, 0.717) is 0 Å². The molecule has 74 valence electrons. The number of aryl methyl sites for hydroxylation is 2. The van der Waals surface area contributed by atoms with Crippen molar-refractivity contribution in [3.63, 3.8) is 0 Å². The number of aromatic nitrogens is 4. The maximum Gasteiger partial charge on any atom is 0.148 e. The Hall–Kier alpha value is -1.43. The SMILES string of the molecule is Cc1nnsc1CNc1ccn(C)n1. The van der Waals surface area contributed by atoms with Crippen molar-refractivity contribution in [2.24, 2.45) is 7.05 Å². The average molecular weight is 209 g/mol. The highest BCUT2D eigenvalue weighted by Gasteiger charge is 2.03. The average Bonchev–Trinajstić information content (AvgIpc) is 2.72. The van der Waals surface area contributed by atoms with Gasteiger partial charge >= 0.3 is 0 Å². The fourth-order valence-corrected chi connectivity index (χ4v) is 1.66. The Labute approximate surface area is 85.9 Å². The number of hydrogen-bond acceptors (Lipinski definition) is 5. The van der Waals surface area contributed by atoms with Crippen LogP contribution in [0.2, 0.25) is 0 Å². The van der Waals surface area contributed by atoms with Crippen LogP contribution >= 0.6 is 11.5 Å². The fraction of sp³-hybridized carbons (Fsp3) is 0.375. The van der Waals surface area contributed by atoms with Gasteiger partial charge in [0, 0.05) is 19.3 Å². The number of nitrogens with one attached hydrogen (secondary N) is 1. The van der Waals surface area contributed by atoms with Crippen LogP contribution in [-0.2, 0) is 13.6 Å². The zero-order valence-electron chi connectivity index (χ0n) is 8.06. The molecule has 1 N–H and O–H groups in total. The molecule has 0 aromatic carbocycles. The van der Waals surface area contributed by atoms with Crippen molar-refractivity contribution in [2.75, 3.05) is 5.32 Å². The Balaban J connectivity index is 1.98. The maximum atomic E-state index is 4.21. The molecule has 14 heavy (non-hydrogen) atoms. The van der Waals surface area contributed by atoms with Gasteiger partial charge in [-0.05, 0) is 18.5 Å². The predicted octanol–water partition coefficient (Wildman–Crippen LogP) is 1.19. The van der Waals surface area contributed by atoms with E-state index in [0.717, 1.165) is 22.9 Å². The summed E-state index contributed by atoms with van der Waals surface area (Å²) in [4.78, 5) is 1.15. The molecule has 0 unspecified atom stereocenters. The van der Waals surface area contributed by atoms with E-state index in [2.05, 4.69) is 20.0 Å². The molecule has 0 bridgehead atoms. The van der Waals surface area contributed by atoms with E-state index < -0.39 is 0 Å². The molecule has 0 saturated carbocycles.